The van der Waals surface area contributed by atoms with Crippen LogP contribution in [0.5, 0.6) is 0 Å². The molecule has 1 N–H and O–H groups in total. The smallest absolute Gasteiger partial charge is 0.260 e. The van der Waals surface area contributed by atoms with Gasteiger partial charge in [-0.1, -0.05) is 26.0 Å². The lowest BCUT2D eigenvalue weighted by Gasteiger charge is -2.38. The Kier molecular flexibility index (Phi) is 7.00. The van der Waals surface area contributed by atoms with Gasteiger partial charge in [-0.2, -0.15) is 0 Å². The van der Waals surface area contributed by atoms with Crippen molar-refractivity contribution in [3.63, 3.8) is 0 Å². The van der Waals surface area contributed by atoms with Gasteiger partial charge >= 0.3 is 0 Å². The highest BCUT2D eigenvalue weighted by Crippen LogP contribution is 2.31. The van der Waals surface area contributed by atoms with E-state index < -0.39 is 0 Å². The predicted molar refractivity (Wildman–Crippen MR) is 137 cm³/mol. The molecular formula is C26H32FN5O2S. The maximum Gasteiger partial charge on any atom is 0.260 e. The number of rotatable bonds is 5. The van der Waals surface area contributed by atoms with Gasteiger partial charge in [0.1, 0.15) is 16.5 Å². The van der Waals surface area contributed by atoms with Crippen LogP contribution in [0.1, 0.15) is 26.1 Å². The Labute approximate surface area is 208 Å². The number of H-pyrrole nitrogens is 1. The number of likely N-dealkylation sites (tertiary alicyclic amines) is 1. The number of carbonyl (C=O) groups is 1. The molecule has 9 heteroatoms. The first-order valence-corrected chi connectivity index (χ1v) is 13.2. The zero-order chi connectivity index (χ0) is 24.5. The Morgan fingerprint density at radius 1 is 1.09 bits per heavy atom. The highest BCUT2D eigenvalue weighted by molar-refractivity contribution is 7.17. The number of amides is 1. The number of benzene rings is 1. The lowest BCUT2D eigenvalue weighted by Crippen LogP contribution is -2.51. The molecule has 7 nitrogen and oxygen atoms in total. The average molecular weight is 498 g/mol. The molecule has 1 amide bonds. The molecule has 0 aliphatic carbocycles. The molecule has 2 atom stereocenters. The van der Waals surface area contributed by atoms with Crippen LogP contribution in [0, 0.1) is 17.7 Å². The summed E-state index contributed by atoms with van der Waals surface area (Å²) in [5.74, 6) is 1.73. The number of aromatic nitrogens is 2. The number of nitrogens with zero attached hydrogens (tertiary/aromatic N) is 4. The maximum absolute atomic E-state index is 13.3. The van der Waals surface area contributed by atoms with Crippen molar-refractivity contribution in [3.05, 3.63) is 51.6 Å². The number of aromatic amines is 1. The van der Waals surface area contributed by atoms with Crippen LogP contribution in [0.15, 0.2) is 34.4 Å². The highest BCUT2D eigenvalue weighted by atomic mass is 32.1. The van der Waals surface area contributed by atoms with E-state index in [0.29, 0.717) is 41.0 Å². The topological polar surface area (TPSA) is 72.5 Å². The Hall–Kier alpha value is -2.62. The lowest BCUT2D eigenvalue weighted by atomic mass is 9.92. The van der Waals surface area contributed by atoms with Crippen molar-refractivity contribution in [3.8, 4) is 11.1 Å². The van der Waals surface area contributed by atoms with Gasteiger partial charge in [0.15, 0.2) is 0 Å². The van der Waals surface area contributed by atoms with Crippen molar-refractivity contribution in [2.75, 3.05) is 45.8 Å². The number of hydrogen-bond acceptors (Lipinski definition) is 6. The van der Waals surface area contributed by atoms with E-state index in [1.165, 1.54) is 29.9 Å². The fourth-order valence-corrected chi connectivity index (χ4v) is 6.35. The molecule has 4 heterocycles. The molecule has 35 heavy (non-hydrogen) atoms. The van der Waals surface area contributed by atoms with Gasteiger partial charge in [-0.15, -0.1) is 11.3 Å². The van der Waals surface area contributed by atoms with Crippen LogP contribution in [0.3, 0.4) is 0 Å². The standard InChI is InChI=1S/C26H32FN5O2S/c1-17-11-18(2)13-32(12-17)23(33)15-31-9-7-30(8-10-31)14-22-28-25(34)24-21(16-35-26(24)29-22)19-3-5-20(27)6-4-19/h3-6,16-18H,7-15H2,1-2H3,(H,28,29,34)/t17-,18-/m0/s1. The largest absolute Gasteiger partial charge is 0.341 e. The number of halogens is 1. The number of carbonyl (C=O) groups excluding carboxylic acids is 1. The summed E-state index contributed by atoms with van der Waals surface area (Å²) < 4.78 is 13.3. The maximum atomic E-state index is 13.3. The molecule has 3 aromatic rings. The van der Waals surface area contributed by atoms with Crippen LogP contribution in [0.4, 0.5) is 4.39 Å². The van der Waals surface area contributed by atoms with Gasteiger partial charge < -0.3 is 9.88 Å². The van der Waals surface area contributed by atoms with Crippen molar-refractivity contribution in [2.24, 2.45) is 11.8 Å². The third-order valence-corrected chi connectivity index (χ3v) is 7.94. The second-order valence-electron chi connectivity index (χ2n) is 10.1. The number of hydrogen-bond donors (Lipinski definition) is 1. The van der Waals surface area contributed by atoms with Gasteiger partial charge in [0.05, 0.1) is 18.5 Å². The first-order chi connectivity index (χ1) is 16.9. The molecule has 2 aliphatic rings. The van der Waals surface area contributed by atoms with Gasteiger partial charge in [-0.3, -0.25) is 19.4 Å². The Morgan fingerprint density at radius 3 is 2.43 bits per heavy atom. The molecule has 2 fully saturated rings. The van der Waals surface area contributed by atoms with Crippen molar-refractivity contribution in [2.45, 2.75) is 26.8 Å². The molecule has 2 saturated heterocycles. The molecule has 0 bridgehead atoms. The first kappa shape index (κ1) is 24.1. The predicted octanol–water partition coefficient (Wildman–Crippen LogP) is 3.41. The van der Waals surface area contributed by atoms with Crippen molar-refractivity contribution in [1.29, 1.82) is 0 Å². The van der Waals surface area contributed by atoms with Crippen LogP contribution >= 0.6 is 11.3 Å². The van der Waals surface area contributed by atoms with E-state index in [1.807, 2.05) is 10.3 Å². The van der Waals surface area contributed by atoms with E-state index in [9.17, 15) is 14.0 Å². The highest BCUT2D eigenvalue weighted by Gasteiger charge is 2.27. The third-order valence-electron chi connectivity index (χ3n) is 7.07. The quantitative estimate of drug-likeness (QED) is 0.585. The fourth-order valence-electron chi connectivity index (χ4n) is 5.39. The van der Waals surface area contributed by atoms with Crippen LogP contribution in [-0.4, -0.2) is 76.4 Å². The average Bonchev–Trinajstić information content (AvgIpc) is 3.25. The van der Waals surface area contributed by atoms with Crippen molar-refractivity contribution >= 4 is 27.5 Å². The second-order valence-corrected chi connectivity index (χ2v) is 11.0. The molecule has 0 unspecified atom stereocenters. The molecule has 5 rings (SSSR count). The summed E-state index contributed by atoms with van der Waals surface area (Å²) in [6, 6.07) is 6.16. The molecule has 2 aromatic heterocycles. The Morgan fingerprint density at radius 2 is 1.74 bits per heavy atom. The molecule has 0 spiro atoms. The summed E-state index contributed by atoms with van der Waals surface area (Å²) in [5.41, 5.74) is 1.41. The van der Waals surface area contributed by atoms with Gasteiger partial charge in [-0.25, -0.2) is 9.37 Å². The minimum Gasteiger partial charge on any atom is -0.341 e. The number of thiophene rings is 1. The third kappa shape index (κ3) is 5.47. The summed E-state index contributed by atoms with van der Waals surface area (Å²) in [5, 5.41) is 2.46. The normalized spacial score (nSPS) is 22.1. The van der Waals surface area contributed by atoms with Gasteiger partial charge in [0.25, 0.3) is 5.56 Å². The van der Waals surface area contributed by atoms with Crippen molar-refractivity contribution in [1.82, 2.24) is 24.7 Å². The van der Waals surface area contributed by atoms with E-state index in [-0.39, 0.29) is 17.3 Å². The van der Waals surface area contributed by atoms with E-state index in [1.54, 1.807) is 12.1 Å². The van der Waals surface area contributed by atoms with Crippen molar-refractivity contribution < 1.29 is 9.18 Å². The van der Waals surface area contributed by atoms with Gasteiger partial charge in [-0.05, 0) is 36.0 Å². The van der Waals surface area contributed by atoms with E-state index >= 15 is 0 Å². The van der Waals surface area contributed by atoms with E-state index in [0.717, 1.165) is 50.4 Å². The zero-order valence-electron chi connectivity index (χ0n) is 20.3. The minimum atomic E-state index is -0.303. The van der Waals surface area contributed by atoms with Crippen LogP contribution in [0.25, 0.3) is 21.3 Å². The number of nitrogens with one attached hydrogen (secondary N) is 1. The summed E-state index contributed by atoms with van der Waals surface area (Å²) >= 11 is 1.43. The van der Waals surface area contributed by atoms with Gasteiger partial charge in [0.2, 0.25) is 5.91 Å². The van der Waals surface area contributed by atoms with Crippen LogP contribution < -0.4 is 5.56 Å². The summed E-state index contributed by atoms with van der Waals surface area (Å²) in [6.07, 6.45) is 1.20. The van der Waals surface area contributed by atoms with E-state index in [2.05, 4.69) is 28.6 Å². The molecule has 1 aromatic carbocycles. The first-order valence-electron chi connectivity index (χ1n) is 12.3. The molecular weight excluding hydrogens is 465 g/mol. The zero-order valence-corrected chi connectivity index (χ0v) is 21.1. The minimum absolute atomic E-state index is 0.167. The molecule has 0 saturated carbocycles. The number of fused-ring (bicyclic) bond motifs is 1. The van der Waals surface area contributed by atoms with Crippen LogP contribution in [0.2, 0.25) is 0 Å². The number of piperidine rings is 1. The monoisotopic (exact) mass is 497 g/mol. The Bertz CT molecular complexity index is 1240. The second kappa shape index (κ2) is 10.2. The summed E-state index contributed by atoms with van der Waals surface area (Å²) in [7, 11) is 0. The molecule has 0 radical (unpaired) electrons. The summed E-state index contributed by atoms with van der Waals surface area (Å²) in [6.45, 7) is 10.5. The van der Waals surface area contributed by atoms with Gasteiger partial charge in [0, 0.05) is 50.2 Å². The molecule has 2 aliphatic heterocycles. The fraction of sp³-hybridized carbons (Fsp3) is 0.500. The van der Waals surface area contributed by atoms with Crippen LogP contribution in [-0.2, 0) is 11.3 Å². The van der Waals surface area contributed by atoms with E-state index in [4.69, 9.17) is 4.98 Å². The lowest BCUT2D eigenvalue weighted by molar-refractivity contribution is -0.135. The summed E-state index contributed by atoms with van der Waals surface area (Å²) in [4.78, 5) is 40.6. The Balaban J connectivity index is 1.19. The number of piperazine rings is 1. The molecule has 186 valence electrons. The SMILES string of the molecule is C[C@H]1C[C@H](C)CN(C(=O)CN2CCN(Cc3nc4scc(-c5ccc(F)cc5)c4c(=O)[nH]3)CC2)C1.